The zero-order valence-electron chi connectivity index (χ0n) is 12.4. The zero-order valence-corrected chi connectivity index (χ0v) is 14.0. The molecule has 24 heavy (non-hydrogen) atoms. The van der Waals surface area contributed by atoms with E-state index in [1.165, 1.54) is 12.3 Å². The molecule has 6 nitrogen and oxygen atoms in total. The van der Waals surface area contributed by atoms with Crippen molar-refractivity contribution in [1.82, 2.24) is 15.2 Å². The molecule has 0 unspecified atom stereocenters. The molecule has 0 N–H and O–H groups in total. The lowest BCUT2D eigenvalue weighted by Crippen LogP contribution is -2.10. The fourth-order valence-electron chi connectivity index (χ4n) is 1.91. The van der Waals surface area contributed by atoms with E-state index in [0.717, 1.165) is 5.56 Å². The van der Waals surface area contributed by atoms with E-state index in [-0.39, 0.29) is 21.6 Å². The normalized spacial score (nSPS) is 12.0. The largest absolute Gasteiger partial charge is 0.449 e. The van der Waals surface area contributed by atoms with Gasteiger partial charge in [-0.25, -0.2) is 9.78 Å². The van der Waals surface area contributed by atoms with Crippen LogP contribution in [0.2, 0.25) is 10.2 Å². The molecule has 0 saturated heterocycles. The second kappa shape index (κ2) is 6.98. The van der Waals surface area contributed by atoms with Gasteiger partial charge in [-0.1, -0.05) is 41.4 Å². The summed E-state index contributed by atoms with van der Waals surface area (Å²) in [6.07, 6.45) is 0.559. The highest BCUT2D eigenvalue weighted by atomic mass is 35.5. The molecule has 1 aromatic carbocycles. The van der Waals surface area contributed by atoms with Crippen molar-refractivity contribution in [2.45, 2.75) is 13.0 Å². The molecular weight excluding hydrogens is 353 g/mol. The van der Waals surface area contributed by atoms with Gasteiger partial charge in [0.25, 0.3) is 5.89 Å². The first-order chi connectivity index (χ1) is 11.5. The van der Waals surface area contributed by atoms with Gasteiger partial charge in [0.15, 0.2) is 6.10 Å². The molecular formula is C16H11Cl2N3O3. The van der Waals surface area contributed by atoms with Gasteiger partial charge < -0.3 is 9.15 Å². The van der Waals surface area contributed by atoms with Crippen molar-refractivity contribution in [3.8, 4) is 11.5 Å². The Kier molecular flexibility index (Phi) is 4.78. The van der Waals surface area contributed by atoms with E-state index in [0.29, 0.717) is 5.89 Å². The van der Waals surface area contributed by atoms with Gasteiger partial charge in [-0.3, -0.25) is 0 Å². The first-order valence-corrected chi connectivity index (χ1v) is 7.71. The molecule has 2 aromatic heterocycles. The Morgan fingerprint density at radius 1 is 1.21 bits per heavy atom. The number of hydrogen-bond acceptors (Lipinski definition) is 6. The van der Waals surface area contributed by atoms with Gasteiger partial charge in [-0.05, 0) is 25.1 Å². The summed E-state index contributed by atoms with van der Waals surface area (Å²) in [5.74, 6) is -0.0760. The number of aromatic nitrogens is 3. The van der Waals surface area contributed by atoms with Crippen LogP contribution in [0.15, 0.2) is 47.0 Å². The fraction of sp³-hybridized carbons (Fsp3) is 0.125. The van der Waals surface area contributed by atoms with Crippen LogP contribution in [-0.4, -0.2) is 21.2 Å². The third-order valence-electron chi connectivity index (χ3n) is 3.12. The number of carbonyl (C=O) groups excluding carboxylic acids is 1. The average Bonchev–Trinajstić information content (AvgIpc) is 3.08. The van der Waals surface area contributed by atoms with Crippen LogP contribution >= 0.6 is 23.2 Å². The second-order valence-corrected chi connectivity index (χ2v) is 5.62. The lowest BCUT2D eigenvalue weighted by molar-refractivity contribution is 0.0279. The highest BCUT2D eigenvalue weighted by Crippen LogP contribution is 2.24. The lowest BCUT2D eigenvalue weighted by atomic mass is 10.2. The number of hydrogen-bond donors (Lipinski definition) is 0. The summed E-state index contributed by atoms with van der Waals surface area (Å²) < 4.78 is 10.8. The predicted molar refractivity (Wildman–Crippen MR) is 87.8 cm³/mol. The Balaban J connectivity index is 1.73. The molecule has 3 rings (SSSR count). The summed E-state index contributed by atoms with van der Waals surface area (Å²) in [4.78, 5) is 15.9. The zero-order chi connectivity index (χ0) is 17.1. The Labute approximate surface area is 147 Å². The molecule has 0 aliphatic carbocycles. The van der Waals surface area contributed by atoms with Crippen LogP contribution < -0.4 is 0 Å². The van der Waals surface area contributed by atoms with Gasteiger partial charge in [0, 0.05) is 11.8 Å². The van der Waals surface area contributed by atoms with E-state index in [1.807, 2.05) is 30.3 Å². The van der Waals surface area contributed by atoms with Gasteiger partial charge in [-0.2, -0.15) is 0 Å². The smallest absolute Gasteiger partial charge is 0.340 e. The molecule has 0 fully saturated rings. The van der Waals surface area contributed by atoms with Crippen molar-refractivity contribution in [2.24, 2.45) is 0 Å². The molecule has 122 valence electrons. The average molecular weight is 364 g/mol. The van der Waals surface area contributed by atoms with Gasteiger partial charge in [-0.15, -0.1) is 10.2 Å². The van der Waals surface area contributed by atoms with Crippen molar-refractivity contribution in [1.29, 1.82) is 0 Å². The number of rotatable bonds is 4. The van der Waals surface area contributed by atoms with Gasteiger partial charge in [0.1, 0.15) is 5.15 Å². The minimum Gasteiger partial charge on any atom is -0.449 e. The summed E-state index contributed by atoms with van der Waals surface area (Å²) >= 11 is 11.6. The monoisotopic (exact) mass is 363 g/mol. The van der Waals surface area contributed by atoms with Crippen LogP contribution in [0.5, 0.6) is 0 Å². The molecule has 0 saturated carbocycles. The number of benzene rings is 1. The summed E-state index contributed by atoms with van der Waals surface area (Å²) in [6, 6.07) is 10.7. The standard InChI is InChI=1S/C16H11Cl2N3O3/c1-9(23-16(22)11-7-12(17)13(18)19-8-11)14-20-21-15(24-14)10-5-3-2-4-6-10/h2-9H,1H3/t9-/m0/s1. The van der Waals surface area contributed by atoms with Crippen molar-refractivity contribution in [3.63, 3.8) is 0 Å². The number of ether oxygens (including phenoxy) is 1. The predicted octanol–water partition coefficient (Wildman–Crippen LogP) is 4.36. The highest BCUT2D eigenvalue weighted by molar-refractivity contribution is 6.41. The first kappa shape index (κ1) is 16.4. The number of esters is 1. The Morgan fingerprint density at radius 2 is 1.96 bits per heavy atom. The molecule has 0 spiro atoms. The van der Waals surface area contributed by atoms with Crippen LogP contribution in [0.1, 0.15) is 29.3 Å². The SMILES string of the molecule is C[C@H](OC(=O)c1cnc(Cl)c(Cl)c1)c1nnc(-c2ccccc2)o1. The molecule has 0 amide bonds. The van der Waals surface area contributed by atoms with Gasteiger partial charge in [0.2, 0.25) is 5.89 Å². The summed E-state index contributed by atoms with van der Waals surface area (Å²) in [6.45, 7) is 1.63. The fourth-order valence-corrected chi connectivity index (χ4v) is 2.18. The van der Waals surface area contributed by atoms with Crippen molar-refractivity contribution >= 4 is 29.2 Å². The van der Waals surface area contributed by atoms with Crippen LogP contribution in [0.3, 0.4) is 0 Å². The van der Waals surface area contributed by atoms with Gasteiger partial charge >= 0.3 is 5.97 Å². The van der Waals surface area contributed by atoms with Crippen molar-refractivity contribution in [3.05, 3.63) is 64.2 Å². The highest BCUT2D eigenvalue weighted by Gasteiger charge is 2.20. The number of pyridine rings is 1. The molecule has 0 aliphatic rings. The summed E-state index contributed by atoms with van der Waals surface area (Å²) in [7, 11) is 0. The number of carbonyl (C=O) groups is 1. The Hall–Kier alpha value is -2.44. The lowest BCUT2D eigenvalue weighted by Gasteiger charge is -2.09. The molecule has 0 radical (unpaired) electrons. The molecule has 8 heteroatoms. The van der Waals surface area contributed by atoms with Crippen molar-refractivity contribution in [2.75, 3.05) is 0 Å². The van der Waals surface area contributed by atoms with Crippen LogP contribution in [-0.2, 0) is 4.74 Å². The summed E-state index contributed by atoms with van der Waals surface area (Å²) in [5, 5.41) is 8.15. The van der Waals surface area contributed by atoms with E-state index < -0.39 is 12.1 Å². The maximum Gasteiger partial charge on any atom is 0.340 e. The third kappa shape index (κ3) is 3.55. The molecule has 0 bridgehead atoms. The number of halogens is 2. The third-order valence-corrected chi connectivity index (χ3v) is 3.81. The van der Waals surface area contributed by atoms with E-state index in [9.17, 15) is 4.79 Å². The Bertz CT molecular complexity index is 868. The molecule has 2 heterocycles. The van der Waals surface area contributed by atoms with Crippen LogP contribution in [0.25, 0.3) is 11.5 Å². The van der Waals surface area contributed by atoms with Gasteiger partial charge in [0.05, 0.1) is 10.6 Å². The first-order valence-electron chi connectivity index (χ1n) is 6.95. The summed E-state index contributed by atoms with van der Waals surface area (Å²) in [5.41, 5.74) is 0.961. The van der Waals surface area contributed by atoms with Crippen molar-refractivity contribution < 1.29 is 13.9 Å². The van der Waals surface area contributed by atoms with Crippen LogP contribution in [0.4, 0.5) is 0 Å². The maximum absolute atomic E-state index is 12.1. The minimum atomic E-state index is -0.725. The van der Waals surface area contributed by atoms with E-state index >= 15 is 0 Å². The molecule has 1 atom stereocenters. The molecule has 3 aromatic rings. The number of nitrogens with zero attached hydrogens (tertiary/aromatic N) is 3. The topological polar surface area (TPSA) is 78.1 Å². The maximum atomic E-state index is 12.1. The second-order valence-electron chi connectivity index (χ2n) is 4.86. The Morgan fingerprint density at radius 3 is 2.67 bits per heavy atom. The van der Waals surface area contributed by atoms with E-state index in [1.54, 1.807) is 6.92 Å². The van der Waals surface area contributed by atoms with Crippen LogP contribution in [0, 0.1) is 0 Å². The van der Waals surface area contributed by atoms with E-state index in [4.69, 9.17) is 32.4 Å². The minimum absolute atomic E-state index is 0.116. The molecule has 0 aliphatic heterocycles. The quantitative estimate of drug-likeness (QED) is 0.506. The van der Waals surface area contributed by atoms with E-state index in [2.05, 4.69) is 15.2 Å².